The maximum atomic E-state index is 13.3. The van der Waals surface area contributed by atoms with Gasteiger partial charge in [-0.2, -0.15) is 4.39 Å². The third-order valence-electron chi connectivity index (χ3n) is 1.83. The molecule has 1 aromatic heterocycles. The molecule has 0 aliphatic carbocycles. The van der Waals surface area contributed by atoms with Crippen LogP contribution in [0.3, 0.4) is 0 Å². The van der Waals surface area contributed by atoms with Crippen molar-refractivity contribution in [3.63, 3.8) is 0 Å². The van der Waals surface area contributed by atoms with Crippen molar-refractivity contribution in [1.29, 1.82) is 0 Å². The van der Waals surface area contributed by atoms with Crippen molar-refractivity contribution in [2.24, 2.45) is 0 Å². The minimum atomic E-state index is -1.05. The summed E-state index contributed by atoms with van der Waals surface area (Å²) in [5, 5.41) is 3.69. The SMILES string of the molecule is Fc1cc(Br)cc(OCc2nnsc2Cl)c1F. The van der Waals surface area contributed by atoms with Gasteiger partial charge in [0.25, 0.3) is 0 Å². The summed E-state index contributed by atoms with van der Waals surface area (Å²) in [4.78, 5) is 0. The molecular formula is C9H4BrClF2N2OS. The molecule has 0 N–H and O–H groups in total. The molecule has 0 saturated carbocycles. The van der Waals surface area contributed by atoms with E-state index in [2.05, 4.69) is 25.5 Å². The molecule has 2 rings (SSSR count). The van der Waals surface area contributed by atoms with Crippen molar-refractivity contribution in [2.45, 2.75) is 6.61 Å². The second kappa shape index (κ2) is 5.24. The van der Waals surface area contributed by atoms with E-state index in [0.29, 0.717) is 14.5 Å². The largest absolute Gasteiger partial charge is 0.484 e. The maximum absolute atomic E-state index is 13.3. The second-order valence-electron chi connectivity index (χ2n) is 2.98. The third kappa shape index (κ3) is 2.91. The van der Waals surface area contributed by atoms with Crippen LogP contribution in [0.4, 0.5) is 8.78 Å². The van der Waals surface area contributed by atoms with Crippen molar-refractivity contribution in [1.82, 2.24) is 9.59 Å². The lowest BCUT2D eigenvalue weighted by Crippen LogP contribution is -2.00. The van der Waals surface area contributed by atoms with Gasteiger partial charge in [0.15, 0.2) is 11.6 Å². The number of aromatic nitrogens is 2. The van der Waals surface area contributed by atoms with Gasteiger partial charge in [-0.3, -0.25) is 0 Å². The van der Waals surface area contributed by atoms with Crippen molar-refractivity contribution in [3.8, 4) is 5.75 Å². The van der Waals surface area contributed by atoms with Gasteiger partial charge in [-0.25, -0.2) is 4.39 Å². The Balaban J connectivity index is 2.17. The molecule has 0 bridgehead atoms. The van der Waals surface area contributed by atoms with E-state index >= 15 is 0 Å². The second-order valence-corrected chi connectivity index (χ2v) is 5.25. The predicted octanol–water partition coefficient (Wildman–Crippen LogP) is 3.81. The van der Waals surface area contributed by atoms with Crippen LogP contribution in [0.1, 0.15) is 5.69 Å². The molecule has 0 aliphatic rings. The summed E-state index contributed by atoms with van der Waals surface area (Å²) in [5.74, 6) is -2.25. The Kier molecular flexibility index (Phi) is 3.90. The first-order chi connectivity index (χ1) is 8.08. The van der Waals surface area contributed by atoms with E-state index in [1.807, 2.05) is 0 Å². The molecular weight excluding hydrogens is 338 g/mol. The normalized spacial score (nSPS) is 10.6. The first-order valence-electron chi connectivity index (χ1n) is 4.32. The van der Waals surface area contributed by atoms with E-state index in [1.54, 1.807) is 0 Å². The number of hydrogen-bond donors (Lipinski definition) is 0. The molecule has 0 saturated heterocycles. The lowest BCUT2D eigenvalue weighted by Gasteiger charge is -2.06. The number of hydrogen-bond acceptors (Lipinski definition) is 4. The Hall–Kier alpha value is -0.790. The number of rotatable bonds is 3. The molecule has 1 aromatic carbocycles. The Morgan fingerprint density at radius 3 is 2.82 bits per heavy atom. The highest BCUT2D eigenvalue weighted by atomic mass is 79.9. The topological polar surface area (TPSA) is 35.0 Å². The zero-order valence-corrected chi connectivity index (χ0v) is 11.2. The Morgan fingerprint density at radius 1 is 1.41 bits per heavy atom. The fraction of sp³-hybridized carbons (Fsp3) is 0.111. The smallest absolute Gasteiger partial charge is 0.200 e. The van der Waals surface area contributed by atoms with E-state index in [9.17, 15) is 8.78 Å². The lowest BCUT2D eigenvalue weighted by atomic mass is 10.3. The summed E-state index contributed by atoms with van der Waals surface area (Å²) in [6.45, 7) is -0.0673. The molecule has 3 nitrogen and oxygen atoms in total. The Morgan fingerprint density at radius 2 is 2.18 bits per heavy atom. The van der Waals surface area contributed by atoms with E-state index in [-0.39, 0.29) is 12.4 Å². The lowest BCUT2D eigenvalue weighted by molar-refractivity contribution is 0.280. The molecule has 0 atom stereocenters. The zero-order chi connectivity index (χ0) is 12.4. The fourth-order valence-electron chi connectivity index (χ4n) is 1.07. The van der Waals surface area contributed by atoms with Gasteiger partial charge < -0.3 is 4.74 Å². The van der Waals surface area contributed by atoms with Crippen LogP contribution < -0.4 is 4.74 Å². The molecule has 0 amide bonds. The molecule has 8 heteroatoms. The summed E-state index contributed by atoms with van der Waals surface area (Å²) >= 11 is 9.78. The Bertz CT molecular complexity index is 552. The van der Waals surface area contributed by atoms with Gasteiger partial charge in [0, 0.05) is 16.0 Å². The minimum Gasteiger partial charge on any atom is -0.484 e. The van der Waals surface area contributed by atoms with Gasteiger partial charge in [0.1, 0.15) is 16.6 Å². The number of halogens is 4. The summed E-state index contributed by atoms with van der Waals surface area (Å²) in [6.07, 6.45) is 0. The van der Waals surface area contributed by atoms with Crippen LogP contribution in [0.15, 0.2) is 16.6 Å². The number of benzene rings is 1. The molecule has 0 unspecified atom stereocenters. The van der Waals surface area contributed by atoms with Gasteiger partial charge >= 0.3 is 0 Å². The van der Waals surface area contributed by atoms with E-state index in [0.717, 1.165) is 17.6 Å². The first kappa shape index (κ1) is 12.7. The highest BCUT2D eigenvalue weighted by Gasteiger charge is 2.13. The molecule has 0 spiro atoms. The molecule has 90 valence electrons. The molecule has 17 heavy (non-hydrogen) atoms. The highest BCUT2D eigenvalue weighted by Crippen LogP contribution is 2.27. The molecule has 1 heterocycles. The van der Waals surface area contributed by atoms with Gasteiger partial charge in [-0.05, 0) is 12.1 Å². The van der Waals surface area contributed by atoms with Crippen LogP contribution in [-0.2, 0) is 6.61 Å². The molecule has 0 radical (unpaired) electrons. The van der Waals surface area contributed by atoms with E-state index < -0.39 is 11.6 Å². The van der Waals surface area contributed by atoms with Crippen LogP contribution >= 0.6 is 39.1 Å². The van der Waals surface area contributed by atoms with Crippen molar-refractivity contribution in [3.05, 3.63) is 38.3 Å². The van der Waals surface area contributed by atoms with Gasteiger partial charge in [0.2, 0.25) is 5.82 Å². The van der Waals surface area contributed by atoms with Crippen LogP contribution in [0.2, 0.25) is 4.34 Å². The first-order valence-corrected chi connectivity index (χ1v) is 6.26. The van der Waals surface area contributed by atoms with Gasteiger partial charge in [-0.1, -0.05) is 32.0 Å². The molecule has 2 aromatic rings. The quantitative estimate of drug-likeness (QED) is 0.796. The Labute approximate surface area is 113 Å². The average molecular weight is 342 g/mol. The van der Waals surface area contributed by atoms with Crippen LogP contribution in [0.25, 0.3) is 0 Å². The molecule has 0 fully saturated rings. The summed E-state index contributed by atoms with van der Waals surface area (Å²) < 4.78 is 35.8. The fourth-order valence-corrected chi connectivity index (χ4v) is 2.08. The summed E-state index contributed by atoms with van der Waals surface area (Å²) in [6, 6.07) is 2.34. The van der Waals surface area contributed by atoms with Crippen molar-refractivity contribution < 1.29 is 13.5 Å². The van der Waals surface area contributed by atoms with Crippen LogP contribution in [-0.4, -0.2) is 9.59 Å². The van der Waals surface area contributed by atoms with Crippen LogP contribution in [0.5, 0.6) is 5.75 Å². The van der Waals surface area contributed by atoms with E-state index in [4.69, 9.17) is 16.3 Å². The van der Waals surface area contributed by atoms with Crippen molar-refractivity contribution in [2.75, 3.05) is 0 Å². The van der Waals surface area contributed by atoms with Crippen molar-refractivity contribution >= 4 is 39.1 Å². The zero-order valence-electron chi connectivity index (χ0n) is 8.08. The van der Waals surface area contributed by atoms with Gasteiger partial charge in [0.05, 0.1) is 0 Å². The monoisotopic (exact) mass is 340 g/mol. The maximum Gasteiger partial charge on any atom is 0.200 e. The highest BCUT2D eigenvalue weighted by molar-refractivity contribution is 9.10. The molecule has 0 aliphatic heterocycles. The van der Waals surface area contributed by atoms with E-state index in [1.165, 1.54) is 6.07 Å². The minimum absolute atomic E-state index is 0.0673. The average Bonchev–Trinajstić information content (AvgIpc) is 2.67. The number of ether oxygens (including phenoxy) is 1. The number of nitrogens with zero attached hydrogens (tertiary/aromatic N) is 2. The third-order valence-corrected chi connectivity index (χ3v) is 3.28. The standard InChI is InChI=1S/C9H4BrClF2N2OS/c10-4-1-5(12)8(13)7(2-4)16-3-6-9(11)17-15-14-6/h1-2H,3H2. The van der Waals surface area contributed by atoms with Gasteiger partial charge in [-0.15, -0.1) is 5.10 Å². The summed E-state index contributed by atoms with van der Waals surface area (Å²) in [5.41, 5.74) is 0.386. The van der Waals surface area contributed by atoms with Crippen LogP contribution in [0, 0.1) is 11.6 Å². The predicted molar refractivity (Wildman–Crippen MR) is 63.3 cm³/mol. The summed E-state index contributed by atoms with van der Waals surface area (Å²) in [7, 11) is 0.